The lowest BCUT2D eigenvalue weighted by Crippen LogP contribution is -2.54. The van der Waals surface area contributed by atoms with E-state index in [1.54, 1.807) is 5.56 Å². The summed E-state index contributed by atoms with van der Waals surface area (Å²) in [5.41, 5.74) is 38.2. The number of nitrogens with zero attached hydrogens (tertiary/aromatic N) is 2. The molecule has 26 rings (SSSR count). The third kappa shape index (κ3) is 8.73. The zero-order chi connectivity index (χ0) is 74.7. The monoisotopic (exact) mass is 1440 g/mol. The number of hydrogen-bond acceptors (Lipinski definition) is 4. The minimum absolute atomic E-state index is 0.0435. The molecule has 0 aliphatic heterocycles. The van der Waals surface area contributed by atoms with Crippen LogP contribution in [0.25, 0.3) is 88.4 Å². The van der Waals surface area contributed by atoms with E-state index in [4.69, 9.17) is 8.83 Å². The highest BCUT2D eigenvalue weighted by Crippen LogP contribution is 2.71. The summed E-state index contributed by atoms with van der Waals surface area (Å²) < 4.78 is 15.1. The summed E-state index contributed by atoms with van der Waals surface area (Å²) in [6, 6.07) is 90.9. The zero-order valence-corrected chi connectivity index (χ0v) is 66.3. The Balaban J connectivity index is 0.629. The zero-order valence-electron chi connectivity index (χ0n) is 66.3. The Labute approximate surface area is 653 Å². The number of anilines is 6. The van der Waals surface area contributed by atoms with Gasteiger partial charge in [-0.25, -0.2) is 0 Å². The van der Waals surface area contributed by atoms with Crippen molar-refractivity contribution in [3.63, 3.8) is 0 Å². The summed E-state index contributed by atoms with van der Waals surface area (Å²) in [5.74, 6) is 4.80. The molecule has 0 spiro atoms. The molecule has 0 saturated heterocycles. The summed E-state index contributed by atoms with van der Waals surface area (Å²) >= 11 is 0. The fourth-order valence-electron chi connectivity index (χ4n) is 27.0. The molecule has 0 N–H and O–H groups in total. The maximum absolute atomic E-state index is 7.73. The first kappa shape index (κ1) is 65.5. The summed E-state index contributed by atoms with van der Waals surface area (Å²) in [7, 11) is 0. The Morgan fingerprint density at radius 2 is 0.676 bits per heavy atom. The average molecular weight is 1440 g/mol. The Hall–Kier alpha value is -10.2. The van der Waals surface area contributed by atoms with Gasteiger partial charge in [0.25, 0.3) is 0 Å². The highest BCUT2D eigenvalue weighted by molar-refractivity contribution is 6.09. The van der Waals surface area contributed by atoms with E-state index < -0.39 is 0 Å². The SMILES string of the molecule is CC(C)(C)c1ccc2c(c1)C(C)(C)c1cc(N(c3ccc4c(c3)C(C)(C)c3c-4cccc3C3C4CC5CC(C4)CC3(c3cccc4c3oc3cc(N(c6ccc7c(c6)C(C)(C)c6ccccc6-7)c6ccc7c(c6)C(C)(C)c6ccccc6-7)ccc34)C5)c3ccc4c(c3)oc3c(C56CC7CC(CC5C7)C6)cccc34)ccc1-2. The fourth-order valence-corrected chi connectivity index (χ4v) is 27.0. The molecule has 0 amide bonds. The van der Waals surface area contributed by atoms with Crippen LogP contribution in [0.15, 0.2) is 239 Å². The molecule has 14 aromatic rings. The number of rotatable bonds is 9. The summed E-state index contributed by atoms with van der Waals surface area (Å²) in [6.45, 7) is 26.6. The van der Waals surface area contributed by atoms with E-state index in [1.165, 1.54) is 203 Å². The van der Waals surface area contributed by atoms with Crippen molar-refractivity contribution in [2.24, 2.45) is 35.5 Å². The Bertz CT molecular complexity index is 6310. The van der Waals surface area contributed by atoms with Crippen LogP contribution in [0.2, 0.25) is 0 Å². The Morgan fingerprint density at radius 3 is 1.17 bits per heavy atom. The van der Waals surface area contributed by atoms with Crippen molar-refractivity contribution in [1.82, 2.24) is 0 Å². The van der Waals surface area contributed by atoms with Gasteiger partial charge in [0.1, 0.15) is 22.3 Å². The van der Waals surface area contributed by atoms with Crippen LogP contribution in [0, 0.1) is 35.5 Å². The molecule has 4 heteroatoms. The number of fused-ring (bicyclic) bond motifs is 18. The lowest BCUT2D eigenvalue weighted by molar-refractivity contribution is -0.0281. The van der Waals surface area contributed by atoms with Gasteiger partial charge >= 0.3 is 0 Å². The van der Waals surface area contributed by atoms with Crippen LogP contribution in [-0.4, -0.2) is 0 Å². The topological polar surface area (TPSA) is 32.8 Å². The highest BCUT2D eigenvalue weighted by Gasteiger charge is 2.61. The molecular weight excluding hydrogens is 1350 g/mol. The van der Waals surface area contributed by atoms with E-state index in [9.17, 15) is 0 Å². The first-order valence-corrected chi connectivity index (χ1v) is 42.1. The van der Waals surface area contributed by atoms with Gasteiger partial charge in [-0.3, -0.25) is 0 Å². The van der Waals surface area contributed by atoms with Crippen molar-refractivity contribution < 1.29 is 8.83 Å². The molecule has 8 bridgehead atoms. The first-order valence-electron chi connectivity index (χ1n) is 42.1. The summed E-state index contributed by atoms with van der Waals surface area (Å²) in [4.78, 5) is 5.09. The second-order valence-corrected chi connectivity index (χ2v) is 39.8. The molecule has 8 saturated carbocycles. The molecule has 12 aliphatic rings. The Kier molecular flexibility index (Phi) is 13.0. The molecule has 5 atom stereocenters. The van der Waals surface area contributed by atoms with Crippen LogP contribution >= 0.6 is 0 Å². The van der Waals surface area contributed by atoms with Crippen LogP contribution in [0.4, 0.5) is 34.1 Å². The molecule has 0 radical (unpaired) electrons. The number of furan rings is 2. The second-order valence-electron chi connectivity index (χ2n) is 39.8. The van der Waals surface area contributed by atoms with Crippen LogP contribution in [0.1, 0.15) is 213 Å². The Morgan fingerprint density at radius 1 is 0.306 bits per heavy atom. The molecule has 2 aromatic heterocycles. The van der Waals surface area contributed by atoms with Crippen molar-refractivity contribution in [1.29, 1.82) is 0 Å². The number of benzene rings is 12. The summed E-state index contributed by atoms with van der Waals surface area (Å²) in [5, 5.41) is 4.88. The number of hydrogen-bond donors (Lipinski definition) is 0. The lowest BCUT2D eigenvalue weighted by atomic mass is 9.42. The summed E-state index contributed by atoms with van der Waals surface area (Å²) in [6.07, 6.45) is 13.2. The van der Waals surface area contributed by atoms with Crippen molar-refractivity contribution >= 4 is 78.0 Å². The standard InChI is InChI=1S/C107H98N2O2/c1-101(2,3)65-29-36-75-78-39-32-69(52-93(78)104(8,9)90(75)49-65)109(72-34-41-80-83-22-17-27-88(99(83)110-95(80)54-72)106-56-62-44-63(57-106)48-66(106)47-62)70-33-40-79-82-21-16-24-85(98(82)105(10,11)94(79)53-70)97-64-45-60-43-61(46-64)59-107(97,58-60)89-28-18-23-84-81-42-35-71(55-96(81)111-100(84)89)108(67-30-37-76-73-19-12-14-25-86(73)102(4,5)91(76)50-67)68-31-38-77-74-20-13-15-26-87(74)103(6,7)92(77)51-68/h12-42,49-55,60-64,66,97H,43-48,56-59H2,1-11H3. The van der Waals surface area contributed by atoms with Crippen LogP contribution < -0.4 is 9.80 Å². The van der Waals surface area contributed by atoms with Gasteiger partial charge in [0.05, 0.1) is 0 Å². The smallest absolute Gasteiger partial charge is 0.139 e. The molecule has 8 fully saturated rings. The van der Waals surface area contributed by atoms with Crippen LogP contribution in [-0.2, 0) is 37.9 Å². The van der Waals surface area contributed by atoms with Gasteiger partial charge in [-0.1, -0.05) is 222 Å². The third-order valence-electron chi connectivity index (χ3n) is 31.6. The minimum atomic E-state index is -0.312. The van der Waals surface area contributed by atoms with Crippen molar-refractivity contribution in [2.45, 2.75) is 184 Å². The van der Waals surface area contributed by atoms with E-state index in [-0.39, 0.29) is 37.9 Å². The molecule has 548 valence electrons. The van der Waals surface area contributed by atoms with Gasteiger partial charge < -0.3 is 18.6 Å². The van der Waals surface area contributed by atoms with Gasteiger partial charge in [-0.05, 0) is 284 Å². The van der Waals surface area contributed by atoms with E-state index in [2.05, 4.69) is 316 Å². The fraction of sp³-hybridized carbons (Fsp3) is 0.327. The quantitative estimate of drug-likeness (QED) is 0.144. The predicted octanol–water partition coefficient (Wildman–Crippen LogP) is 28.9. The van der Waals surface area contributed by atoms with E-state index in [1.807, 2.05) is 0 Å². The average Bonchev–Trinajstić information content (AvgIpc) is 1.47. The van der Waals surface area contributed by atoms with Crippen LogP contribution in [0.3, 0.4) is 0 Å². The molecule has 111 heavy (non-hydrogen) atoms. The second kappa shape index (κ2) is 21.9. The van der Waals surface area contributed by atoms with Gasteiger partial charge in [0, 0.05) is 111 Å². The number of para-hydroxylation sites is 2. The lowest BCUT2D eigenvalue weighted by Gasteiger charge is -2.62. The van der Waals surface area contributed by atoms with Crippen LogP contribution in [0.5, 0.6) is 0 Å². The maximum atomic E-state index is 7.73. The maximum Gasteiger partial charge on any atom is 0.139 e. The largest absolute Gasteiger partial charge is 0.456 e. The third-order valence-corrected chi connectivity index (χ3v) is 31.6. The van der Waals surface area contributed by atoms with E-state index in [0.717, 1.165) is 62.8 Å². The van der Waals surface area contributed by atoms with Crippen molar-refractivity contribution in [3.05, 3.63) is 297 Å². The molecule has 12 aliphatic carbocycles. The van der Waals surface area contributed by atoms with E-state index in [0.29, 0.717) is 23.7 Å². The van der Waals surface area contributed by atoms with E-state index >= 15 is 0 Å². The minimum Gasteiger partial charge on any atom is -0.456 e. The van der Waals surface area contributed by atoms with Gasteiger partial charge in [-0.15, -0.1) is 0 Å². The molecular formula is C107H98N2O2. The molecule has 2 heterocycles. The highest BCUT2D eigenvalue weighted by atomic mass is 16.3. The predicted molar refractivity (Wildman–Crippen MR) is 459 cm³/mol. The van der Waals surface area contributed by atoms with Gasteiger partial charge in [0.2, 0.25) is 0 Å². The van der Waals surface area contributed by atoms with Crippen molar-refractivity contribution in [3.8, 4) is 44.5 Å². The molecule has 4 nitrogen and oxygen atoms in total. The van der Waals surface area contributed by atoms with Crippen molar-refractivity contribution in [2.75, 3.05) is 9.80 Å². The molecule has 5 unspecified atom stereocenters. The van der Waals surface area contributed by atoms with Gasteiger partial charge in [0.15, 0.2) is 0 Å². The molecule has 12 aromatic carbocycles. The first-order chi connectivity index (χ1) is 53.5. The van der Waals surface area contributed by atoms with Gasteiger partial charge in [-0.2, -0.15) is 0 Å². The normalized spacial score (nSPS) is 25.3.